The van der Waals surface area contributed by atoms with Crippen molar-refractivity contribution in [2.75, 3.05) is 10.5 Å². The number of hydrogen-bond donors (Lipinski definition) is 3. The van der Waals surface area contributed by atoms with Gasteiger partial charge in [-0.1, -0.05) is 66.7 Å². The molecule has 174 valence electrons. The molecule has 0 aliphatic rings. The fourth-order valence-electron chi connectivity index (χ4n) is 3.57. The zero-order chi connectivity index (χ0) is 24.5. The molecule has 0 heterocycles. The third kappa shape index (κ3) is 4.59. The summed E-state index contributed by atoms with van der Waals surface area (Å²) in [6, 6.07) is 22.4. The third-order valence-electron chi connectivity index (χ3n) is 5.13. The molecular weight excluding hydrogens is 478 g/mol. The van der Waals surface area contributed by atoms with Gasteiger partial charge >= 0.3 is 5.97 Å². The number of sulfonamides is 1. The van der Waals surface area contributed by atoms with Crippen molar-refractivity contribution in [1.82, 2.24) is 0 Å². The first-order valence-corrected chi connectivity index (χ1v) is 13.1. The van der Waals surface area contributed by atoms with Crippen LogP contribution in [0.3, 0.4) is 0 Å². The zero-order valence-electron chi connectivity index (χ0n) is 17.5. The number of rotatable bonds is 7. The van der Waals surface area contributed by atoms with Crippen LogP contribution >= 0.6 is 0 Å². The van der Waals surface area contributed by atoms with Crippen molar-refractivity contribution in [3.63, 3.8) is 0 Å². The van der Waals surface area contributed by atoms with Gasteiger partial charge in [-0.15, -0.1) is 0 Å². The highest BCUT2D eigenvalue weighted by Gasteiger charge is 2.27. The number of benzene rings is 4. The predicted molar refractivity (Wildman–Crippen MR) is 128 cm³/mol. The van der Waals surface area contributed by atoms with E-state index in [1.165, 1.54) is 30.3 Å². The lowest BCUT2D eigenvalue weighted by Crippen LogP contribution is -2.17. The summed E-state index contributed by atoms with van der Waals surface area (Å²) < 4.78 is 54.0. The molecule has 0 radical (unpaired) electrons. The highest BCUT2D eigenvalue weighted by molar-refractivity contribution is 7.93. The molecule has 10 heteroatoms. The SMILES string of the molecule is O=C(O)CS(=O)(=O)c1cc(NS(=O)(=O)c2cccc(-c3ccccc3)c2)c2ccccc2c1O. The Morgan fingerprint density at radius 3 is 2.06 bits per heavy atom. The van der Waals surface area contributed by atoms with Crippen molar-refractivity contribution < 1.29 is 31.8 Å². The van der Waals surface area contributed by atoms with Gasteiger partial charge in [0.2, 0.25) is 0 Å². The average molecular weight is 498 g/mol. The summed E-state index contributed by atoms with van der Waals surface area (Å²) in [5.74, 6) is -3.51. The van der Waals surface area contributed by atoms with Crippen LogP contribution in [0.4, 0.5) is 5.69 Å². The third-order valence-corrected chi connectivity index (χ3v) is 8.10. The molecule has 3 N–H and O–H groups in total. The van der Waals surface area contributed by atoms with Crippen LogP contribution in [-0.4, -0.2) is 38.8 Å². The molecule has 0 spiro atoms. The normalized spacial score (nSPS) is 11.9. The van der Waals surface area contributed by atoms with Crippen LogP contribution < -0.4 is 4.72 Å². The molecule has 0 aliphatic heterocycles. The van der Waals surface area contributed by atoms with Gasteiger partial charge in [0.05, 0.1) is 10.6 Å². The number of hydrogen-bond acceptors (Lipinski definition) is 6. The first kappa shape index (κ1) is 23.3. The molecule has 0 bridgehead atoms. The lowest BCUT2D eigenvalue weighted by molar-refractivity contribution is -0.134. The minimum absolute atomic E-state index is 0.0547. The van der Waals surface area contributed by atoms with E-state index in [-0.39, 0.29) is 21.4 Å². The van der Waals surface area contributed by atoms with Crippen LogP contribution in [0.5, 0.6) is 5.75 Å². The average Bonchev–Trinajstić information content (AvgIpc) is 2.80. The quantitative estimate of drug-likeness (QED) is 0.330. The lowest BCUT2D eigenvalue weighted by Gasteiger charge is -2.15. The molecule has 0 amide bonds. The number of aromatic hydroxyl groups is 1. The number of sulfone groups is 1. The van der Waals surface area contributed by atoms with Crippen molar-refractivity contribution in [3.05, 3.63) is 84.9 Å². The first-order chi connectivity index (χ1) is 16.1. The van der Waals surface area contributed by atoms with E-state index in [1.807, 2.05) is 30.3 Å². The van der Waals surface area contributed by atoms with Crippen LogP contribution in [0.2, 0.25) is 0 Å². The predicted octanol–water partition coefficient (Wildman–Crippen LogP) is 3.87. The molecule has 0 aliphatic carbocycles. The number of phenolic OH excluding ortho intramolecular Hbond substituents is 1. The fraction of sp³-hybridized carbons (Fsp3) is 0.0417. The summed E-state index contributed by atoms with van der Waals surface area (Å²) in [6.45, 7) is 0. The van der Waals surface area contributed by atoms with Gasteiger partial charge in [-0.2, -0.15) is 0 Å². The maximum Gasteiger partial charge on any atom is 0.319 e. The first-order valence-electron chi connectivity index (χ1n) is 9.96. The van der Waals surface area contributed by atoms with E-state index in [2.05, 4.69) is 4.72 Å². The van der Waals surface area contributed by atoms with Crippen LogP contribution in [0.25, 0.3) is 21.9 Å². The van der Waals surface area contributed by atoms with Crippen molar-refractivity contribution in [2.24, 2.45) is 0 Å². The van der Waals surface area contributed by atoms with E-state index in [9.17, 15) is 26.7 Å². The van der Waals surface area contributed by atoms with Crippen molar-refractivity contribution in [3.8, 4) is 16.9 Å². The van der Waals surface area contributed by atoms with Gasteiger partial charge in [-0.05, 0) is 29.3 Å². The highest BCUT2D eigenvalue weighted by Crippen LogP contribution is 2.38. The number of fused-ring (bicyclic) bond motifs is 1. The molecule has 4 aromatic rings. The molecule has 0 unspecified atom stereocenters. The smallest absolute Gasteiger partial charge is 0.319 e. The van der Waals surface area contributed by atoms with Gasteiger partial charge in [-0.25, -0.2) is 16.8 Å². The second-order valence-electron chi connectivity index (χ2n) is 7.47. The Hall–Kier alpha value is -3.89. The van der Waals surface area contributed by atoms with Gasteiger partial charge in [0.25, 0.3) is 10.0 Å². The Morgan fingerprint density at radius 1 is 0.765 bits per heavy atom. The molecule has 8 nitrogen and oxygen atoms in total. The Balaban J connectivity index is 1.83. The molecule has 0 saturated carbocycles. The van der Waals surface area contributed by atoms with Crippen LogP contribution in [0.1, 0.15) is 0 Å². The number of anilines is 1. The number of carboxylic acid groups (broad SMARTS) is 1. The summed E-state index contributed by atoms with van der Waals surface area (Å²) in [5, 5.41) is 19.8. The Bertz CT molecular complexity index is 1610. The summed E-state index contributed by atoms with van der Waals surface area (Å²) in [5.41, 5.74) is 1.38. The second kappa shape index (κ2) is 8.81. The largest absolute Gasteiger partial charge is 0.506 e. The summed E-state index contributed by atoms with van der Waals surface area (Å²) in [6.07, 6.45) is 0. The maximum absolute atomic E-state index is 13.2. The zero-order valence-corrected chi connectivity index (χ0v) is 19.2. The summed E-state index contributed by atoms with van der Waals surface area (Å²) >= 11 is 0. The molecular formula is C24H19NO7S2. The molecule has 0 aromatic heterocycles. The highest BCUT2D eigenvalue weighted by atomic mass is 32.2. The van der Waals surface area contributed by atoms with Crippen molar-refractivity contribution in [2.45, 2.75) is 9.79 Å². The molecule has 0 fully saturated rings. The molecule has 4 aromatic carbocycles. The van der Waals surface area contributed by atoms with E-state index >= 15 is 0 Å². The fourth-order valence-corrected chi connectivity index (χ4v) is 5.87. The van der Waals surface area contributed by atoms with Crippen molar-refractivity contribution in [1.29, 1.82) is 0 Å². The van der Waals surface area contributed by atoms with E-state index < -0.39 is 42.2 Å². The number of carboxylic acids is 1. The molecule has 0 saturated heterocycles. The summed E-state index contributed by atoms with van der Waals surface area (Å²) in [7, 11) is -8.63. The Morgan fingerprint density at radius 2 is 1.38 bits per heavy atom. The van der Waals surface area contributed by atoms with Crippen LogP contribution in [0.15, 0.2) is 94.7 Å². The summed E-state index contributed by atoms with van der Waals surface area (Å²) in [4.78, 5) is 10.3. The van der Waals surface area contributed by atoms with Gasteiger partial charge in [0.1, 0.15) is 10.6 Å². The number of phenols is 1. The number of carbonyl (C=O) groups is 1. The van der Waals surface area contributed by atoms with Crippen LogP contribution in [-0.2, 0) is 24.7 Å². The van der Waals surface area contributed by atoms with Gasteiger partial charge in [0, 0.05) is 10.8 Å². The second-order valence-corrected chi connectivity index (χ2v) is 11.1. The topological polar surface area (TPSA) is 138 Å². The molecule has 4 rings (SSSR count). The van der Waals surface area contributed by atoms with E-state index in [0.29, 0.717) is 5.56 Å². The minimum Gasteiger partial charge on any atom is -0.506 e. The van der Waals surface area contributed by atoms with Gasteiger partial charge < -0.3 is 10.2 Å². The Labute approximate surface area is 196 Å². The van der Waals surface area contributed by atoms with Gasteiger partial charge in [-0.3, -0.25) is 9.52 Å². The standard InChI is InChI=1S/C24H19NO7S2/c26-23(27)15-33(29,30)22-14-21(19-11-4-5-12-20(19)24(22)28)25-34(31,32)18-10-6-9-17(13-18)16-7-2-1-3-8-16/h1-14,25,28H,15H2,(H,26,27). The molecule has 0 atom stereocenters. The van der Waals surface area contributed by atoms with Gasteiger partial charge in [0.15, 0.2) is 15.6 Å². The van der Waals surface area contributed by atoms with Crippen LogP contribution in [0, 0.1) is 0 Å². The minimum atomic E-state index is -4.45. The van der Waals surface area contributed by atoms with E-state index in [4.69, 9.17) is 5.11 Å². The van der Waals surface area contributed by atoms with E-state index in [1.54, 1.807) is 18.2 Å². The monoisotopic (exact) mass is 497 g/mol. The maximum atomic E-state index is 13.2. The number of nitrogens with one attached hydrogen (secondary N) is 1. The lowest BCUT2D eigenvalue weighted by atomic mass is 10.1. The van der Waals surface area contributed by atoms with Crippen molar-refractivity contribution >= 4 is 42.3 Å². The van der Waals surface area contributed by atoms with E-state index in [0.717, 1.165) is 11.6 Å². The molecule has 34 heavy (non-hydrogen) atoms. The Kier molecular flexibility index (Phi) is 6.03. The number of aliphatic carboxylic acids is 1.